The third-order valence-corrected chi connectivity index (χ3v) is 3.76. The lowest BCUT2D eigenvalue weighted by Gasteiger charge is -2.38. The second-order valence-corrected chi connectivity index (χ2v) is 6.40. The summed E-state index contributed by atoms with van der Waals surface area (Å²) < 4.78 is 5.15. The van der Waals surface area contributed by atoms with Crippen molar-refractivity contribution in [3.63, 3.8) is 0 Å². The Morgan fingerprint density at radius 1 is 1.25 bits per heavy atom. The van der Waals surface area contributed by atoms with Crippen molar-refractivity contribution in [1.82, 2.24) is 4.90 Å². The normalized spacial score (nSPS) is 15.2. The van der Waals surface area contributed by atoms with Gasteiger partial charge in [0.2, 0.25) is 0 Å². The van der Waals surface area contributed by atoms with Gasteiger partial charge in [0.1, 0.15) is 5.75 Å². The molecule has 20 heavy (non-hydrogen) atoms. The molecule has 0 heterocycles. The molecular weight excluding hydrogens is 252 g/mol. The van der Waals surface area contributed by atoms with Crippen LogP contribution in [0, 0.1) is 5.41 Å². The van der Waals surface area contributed by atoms with E-state index in [2.05, 4.69) is 25.7 Å². The quantitative estimate of drug-likeness (QED) is 0.835. The van der Waals surface area contributed by atoms with E-state index in [-0.39, 0.29) is 24.1 Å². The summed E-state index contributed by atoms with van der Waals surface area (Å²) in [7, 11) is 3.65. The highest BCUT2D eigenvalue weighted by molar-refractivity contribution is 5.27. The van der Waals surface area contributed by atoms with Gasteiger partial charge in [0.25, 0.3) is 0 Å². The Kier molecular flexibility index (Phi) is 5.99. The summed E-state index contributed by atoms with van der Waals surface area (Å²) in [6, 6.07) is 7.81. The van der Waals surface area contributed by atoms with Gasteiger partial charge in [-0.25, -0.2) is 0 Å². The Labute approximate surface area is 122 Å². The molecule has 1 aromatic carbocycles. The zero-order valence-electron chi connectivity index (χ0n) is 13.3. The lowest BCUT2D eigenvalue weighted by molar-refractivity contribution is 0.0843. The summed E-state index contributed by atoms with van der Waals surface area (Å²) in [6.07, 6.45) is 0. The molecule has 3 N–H and O–H groups in total. The molecule has 0 spiro atoms. The smallest absolute Gasteiger partial charge is 0.118 e. The van der Waals surface area contributed by atoms with Gasteiger partial charge in [0.05, 0.1) is 13.7 Å². The largest absolute Gasteiger partial charge is 0.497 e. The number of hydrogen-bond donors (Lipinski definition) is 2. The van der Waals surface area contributed by atoms with Gasteiger partial charge in [-0.2, -0.15) is 0 Å². The topological polar surface area (TPSA) is 58.7 Å². The average molecular weight is 280 g/mol. The molecular formula is C16H28N2O2. The van der Waals surface area contributed by atoms with E-state index in [9.17, 15) is 5.11 Å². The van der Waals surface area contributed by atoms with Crippen molar-refractivity contribution >= 4 is 0 Å². The first-order valence-corrected chi connectivity index (χ1v) is 6.99. The molecule has 0 radical (unpaired) electrons. The van der Waals surface area contributed by atoms with Crippen LogP contribution in [0.1, 0.15) is 26.3 Å². The lowest BCUT2D eigenvalue weighted by Crippen LogP contribution is -2.54. The van der Waals surface area contributed by atoms with Gasteiger partial charge in [0, 0.05) is 18.6 Å². The van der Waals surface area contributed by atoms with Crippen LogP contribution in [-0.4, -0.2) is 42.9 Å². The molecule has 0 fully saturated rings. The third-order valence-electron chi connectivity index (χ3n) is 3.76. The summed E-state index contributed by atoms with van der Waals surface area (Å²) in [4.78, 5) is 2.11. The van der Waals surface area contributed by atoms with Crippen molar-refractivity contribution in [2.24, 2.45) is 11.1 Å². The van der Waals surface area contributed by atoms with Crippen LogP contribution in [0.4, 0.5) is 0 Å². The second-order valence-electron chi connectivity index (χ2n) is 6.40. The number of nitrogens with two attached hydrogens (primary N) is 1. The van der Waals surface area contributed by atoms with Crippen molar-refractivity contribution in [2.75, 3.05) is 20.8 Å². The maximum Gasteiger partial charge on any atom is 0.118 e. The molecule has 2 atom stereocenters. The summed E-state index contributed by atoms with van der Waals surface area (Å²) in [5, 5.41) is 9.65. The molecule has 0 aliphatic heterocycles. The summed E-state index contributed by atoms with van der Waals surface area (Å²) in [6.45, 7) is 7.11. The van der Waals surface area contributed by atoms with Crippen molar-refractivity contribution in [3.8, 4) is 5.75 Å². The number of nitrogens with zero attached hydrogens (tertiary/aromatic N) is 1. The van der Waals surface area contributed by atoms with Gasteiger partial charge < -0.3 is 15.6 Å². The summed E-state index contributed by atoms with van der Waals surface area (Å²) >= 11 is 0. The Morgan fingerprint density at radius 3 is 2.20 bits per heavy atom. The van der Waals surface area contributed by atoms with Crippen molar-refractivity contribution < 1.29 is 9.84 Å². The van der Waals surface area contributed by atoms with Crippen LogP contribution in [0.2, 0.25) is 0 Å². The van der Waals surface area contributed by atoms with Crippen molar-refractivity contribution in [1.29, 1.82) is 0 Å². The molecule has 2 unspecified atom stereocenters. The fourth-order valence-corrected chi connectivity index (χ4v) is 2.24. The molecule has 1 rings (SSSR count). The number of benzene rings is 1. The third kappa shape index (κ3) is 4.47. The number of ether oxygens (including phenoxy) is 1. The van der Waals surface area contributed by atoms with Crippen molar-refractivity contribution in [3.05, 3.63) is 29.8 Å². The van der Waals surface area contributed by atoms with Gasteiger partial charge in [-0.05, 0) is 30.2 Å². The molecule has 1 aromatic rings. The van der Waals surface area contributed by atoms with E-state index in [0.29, 0.717) is 0 Å². The predicted octanol–water partition coefficient (Wildman–Crippen LogP) is 1.86. The number of hydrogen-bond acceptors (Lipinski definition) is 4. The highest BCUT2D eigenvalue weighted by Gasteiger charge is 2.31. The predicted molar refractivity (Wildman–Crippen MR) is 82.8 cm³/mol. The Bertz CT molecular complexity index is 398. The minimum Gasteiger partial charge on any atom is -0.497 e. The zero-order valence-corrected chi connectivity index (χ0v) is 13.3. The minimum absolute atomic E-state index is 0.0401. The van der Waals surface area contributed by atoms with Crippen LogP contribution in [0.25, 0.3) is 0 Å². The van der Waals surface area contributed by atoms with E-state index >= 15 is 0 Å². The minimum atomic E-state index is -0.0873. The lowest BCUT2D eigenvalue weighted by atomic mass is 9.82. The molecule has 0 saturated carbocycles. The van der Waals surface area contributed by atoms with Gasteiger partial charge in [-0.3, -0.25) is 4.90 Å². The van der Waals surface area contributed by atoms with Crippen LogP contribution in [0.3, 0.4) is 0 Å². The highest BCUT2D eigenvalue weighted by Crippen LogP contribution is 2.23. The van der Waals surface area contributed by atoms with Crippen LogP contribution < -0.4 is 10.5 Å². The SMILES string of the molecule is COc1ccc(CN(C)C(CO)C(N)C(C)(C)C)cc1. The van der Waals surface area contributed by atoms with Crippen LogP contribution >= 0.6 is 0 Å². The van der Waals surface area contributed by atoms with E-state index in [1.54, 1.807) is 7.11 Å². The van der Waals surface area contributed by atoms with Gasteiger partial charge >= 0.3 is 0 Å². The molecule has 0 aromatic heterocycles. The Morgan fingerprint density at radius 2 is 1.80 bits per heavy atom. The van der Waals surface area contributed by atoms with Crippen LogP contribution in [0.15, 0.2) is 24.3 Å². The fraction of sp³-hybridized carbons (Fsp3) is 0.625. The molecule has 0 amide bonds. The number of aliphatic hydroxyl groups excluding tert-OH is 1. The number of rotatable bonds is 6. The maximum absolute atomic E-state index is 9.65. The van der Waals surface area contributed by atoms with E-state index in [1.807, 2.05) is 31.3 Å². The number of methoxy groups -OCH3 is 1. The summed E-state index contributed by atoms with van der Waals surface area (Å²) in [5.41, 5.74) is 7.42. The second kappa shape index (κ2) is 7.07. The molecule has 4 heteroatoms. The fourth-order valence-electron chi connectivity index (χ4n) is 2.24. The average Bonchev–Trinajstić information content (AvgIpc) is 2.39. The highest BCUT2D eigenvalue weighted by atomic mass is 16.5. The first-order valence-electron chi connectivity index (χ1n) is 6.99. The van der Waals surface area contributed by atoms with Crippen molar-refractivity contribution in [2.45, 2.75) is 39.4 Å². The van der Waals surface area contributed by atoms with E-state index < -0.39 is 0 Å². The monoisotopic (exact) mass is 280 g/mol. The maximum atomic E-state index is 9.65. The van der Waals surface area contributed by atoms with E-state index in [1.165, 1.54) is 5.56 Å². The molecule has 0 saturated heterocycles. The molecule has 0 bridgehead atoms. The van der Waals surface area contributed by atoms with Gasteiger partial charge in [0.15, 0.2) is 0 Å². The molecule has 114 valence electrons. The molecule has 4 nitrogen and oxygen atoms in total. The first kappa shape index (κ1) is 17.0. The zero-order chi connectivity index (χ0) is 15.3. The Balaban J connectivity index is 2.73. The first-order chi connectivity index (χ1) is 9.29. The number of aliphatic hydroxyl groups is 1. The molecule has 0 aliphatic carbocycles. The summed E-state index contributed by atoms with van der Waals surface area (Å²) in [5.74, 6) is 0.849. The Hall–Kier alpha value is -1.10. The molecule has 0 aliphatic rings. The van der Waals surface area contributed by atoms with Crippen LogP contribution in [-0.2, 0) is 6.54 Å². The standard InChI is InChI=1S/C16H28N2O2/c1-16(2,3)15(17)14(11-19)18(4)10-12-6-8-13(20-5)9-7-12/h6-9,14-15,19H,10-11,17H2,1-5H3. The van der Waals surface area contributed by atoms with Crippen LogP contribution in [0.5, 0.6) is 5.75 Å². The number of likely N-dealkylation sites (N-methyl/N-ethyl adjacent to an activating group) is 1. The van der Waals surface area contributed by atoms with E-state index in [0.717, 1.165) is 12.3 Å². The van der Waals surface area contributed by atoms with Gasteiger partial charge in [-0.1, -0.05) is 32.9 Å². The van der Waals surface area contributed by atoms with E-state index in [4.69, 9.17) is 10.5 Å². The van der Waals surface area contributed by atoms with Gasteiger partial charge in [-0.15, -0.1) is 0 Å².